The van der Waals surface area contributed by atoms with Crippen LogP contribution >= 0.6 is 0 Å². The fourth-order valence-corrected chi connectivity index (χ4v) is 3.53. The lowest BCUT2D eigenvalue weighted by atomic mass is 9.82. The van der Waals surface area contributed by atoms with E-state index in [1.165, 1.54) is 30.3 Å². The number of carbonyl (C=O) groups excluding carboxylic acids is 1. The van der Waals surface area contributed by atoms with Crippen LogP contribution in [0.4, 0.5) is 8.78 Å². The third kappa shape index (κ3) is 3.04. The van der Waals surface area contributed by atoms with Crippen LogP contribution in [0.15, 0.2) is 77.9 Å². The molecular weight excluding hydrogens is 374 g/mol. The largest absolute Gasteiger partial charge is 0.369 e. The van der Waals surface area contributed by atoms with Gasteiger partial charge in [-0.2, -0.15) is 0 Å². The summed E-state index contributed by atoms with van der Waals surface area (Å²) in [5, 5.41) is 0. The molecule has 29 heavy (non-hydrogen) atoms. The number of alkyl halides is 2. The minimum Gasteiger partial charge on any atom is -0.369 e. The van der Waals surface area contributed by atoms with Gasteiger partial charge in [0.25, 0.3) is 12.3 Å². The fraction of sp³-hybridized carbons (Fsp3) is 0.136. The van der Waals surface area contributed by atoms with E-state index >= 15 is 0 Å². The Morgan fingerprint density at radius 3 is 2.31 bits per heavy atom. The van der Waals surface area contributed by atoms with Crippen molar-refractivity contribution in [2.24, 2.45) is 10.7 Å². The average Bonchev–Trinajstić information content (AvgIpc) is 2.99. The molecular formula is C22H18F2N4O. The van der Waals surface area contributed by atoms with E-state index in [0.29, 0.717) is 11.1 Å². The number of amides is 1. The normalized spacial score (nSPS) is 19.0. The second kappa shape index (κ2) is 7.09. The van der Waals surface area contributed by atoms with Gasteiger partial charge in [0.05, 0.1) is 0 Å². The first-order chi connectivity index (χ1) is 13.9. The molecule has 0 fully saturated rings. The minimum atomic E-state index is -2.77. The van der Waals surface area contributed by atoms with E-state index < -0.39 is 23.6 Å². The zero-order valence-corrected chi connectivity index (χ0v) is 15.6. The van der Waals surface area contributed by atoms with E-state index in [9.17, 15) is 13.6 Å². The molecule has 1 amide bonds. The number of guanidine groups is 1. The molecule has 1 aliphatic rings. The third-order valence-electron chi connectivity index (χ3n) is 5.05. The molecule has 146 valence electrons. The third-order valence-corrected chi connectivity index (χ3v) is 5.05. The van der Waals surface area contributed by atoms with Gasteiger partial charge in [0.2, 0.25) is 0 Å². The zero-order chi connectivity index (χ0) is 20.6. The highest BCUT2D eigenvalue weighted by molar-refractivity contribution is 6.09. The van der Waals surface area contributed by atoms with Gasteiger partial charge in [-0.3, -0.25) is 14.7 Å². The maximum Gasteiger partial charge on any atom is 0.280 e. The van der Waals surface area contributed by atoms with E-state index in [2.05, 4.69) is 9.98 Å². The number of aromatic nitrogens is 1. The van der Waals surface area contributed by atoms with Crippen LogP contribution in [-0.2, 0) is 10.3 Å². The molecule has 0 saturated heterocycles. The number of nitrogens with two attached hydrogens (primary N) is 1. The van der Waals surface area contributed by atoms with E-state index in [1.54, 1.807) is 6.07 Å². The molecule has 2 aromatic carbocycles. The van der Waals surface area contributed by atoms with Gasteiger partial charge in [-0.1, -0.05) is 48.5 Å². The quantitative estimate of drug-likeness (QED) is 0.736. The number of rotatable bonds is 4. The number of nitrogens with zero attached hydrogens (tertiary/aromatic N) is 3. The van der Waals surface area contributed by atoms with Gasteiger partial charge in [-0.15, -0.1) is 0 Å². The summed E-state index contributed by atoms with van der Waals surface area (Å²) in [6, 6.07) is 19.7. The smallest absolute Gasteiger partial charge is 0.280 e. The van der Waals surface area contributed by atoms with Crippen LogP contribution in [0.25, 0.3) is 11.1 Å². The molecule has 0 aliphatic carbocycles. The maximum atomic E-state index is 13.3. The van der Waals surface area contributed by atoms with Crippen molar-refractivity contribution in [3.05, 3.63) is 89.7 Å². The molecule has 3 aromatic rings. The summed E-state index contributed by atoms with van der Waals surface area (Å²) in [4.78, 5) is 22.7. The predicted molar refractivity (Wildman–Crippen MR) is 106 cm³/mol. The molecule has 4 rings (SSSR count). The molecule has 0 radical (unpaired) electrons. The second-order valence-electron chi connectivity index (χ2n) is 6.76. The van der Waals surface area contributed by atoms with Gasteiger partial charge in [-0.05, 0) is 40.5 Å². The van der Waals surface area contributed by atoms with E-state index in [-0.39, 0.29) is 5.96 Å². The van der Waals surface area contributed by atoms with Crippen LogP contribution in [0.2, 0.25) is 0 Å². The van der Waals surface area contributed by atoms with Crippen LogP contribution in [0, 0.1) is 0 Å². The van der Waals surface area contributed by atoms with Crippen molar-refractivity contribution in [2.75, 3.05) is 7.05 Å². The Kier molecular flexibility index (Phi) is 4.58. The molecule has 2 N–H and O–H groups in total. The first-order valence-corrected chi connectivity index (χ1v) is 8.97. The lowest BCUT2D eigenvalue weighted by Gasteiger charge is -2.26. The number of hydrogen-bond donors (Lipinski definition) is 1. The van der Waals surface area contributed by atoms with Crippen LogP contribution in [0.1, 0.15) is 23.2 Å². The summed E-state index contributed by atoms with van der Waals surface area (Å²) in [5.74, 6) is -0.387. The Labute approximate surface area is 166 Å². The Morgan fingerprint density at radius 1 is 0.966 bits per heavy atom. The molecule has 1 aromatic heterocycles. The van der Waals surface area contributed by atoms with Crippen molar-refractivity contribution in [1.29, 1.82) is 0 Å². The minimum absolute atomic E-state index is 0.0236. The Bertz CT molecular complexity index is 1100. The summed E-state index contributed by atoms with van der Waals surface area (Å²) in [7, 11) is 1.51. The van der Waals surface area contributed by atoms with E-state index in [0.717, 1.165) is 11.1 Å². The molecule has 0 saturated carbocycles. The number of hydrogen-bond acceptors (Lipinski definition) is 4. The number of likely N-dealkylation sites (N-methyl/N-ethyl adjacent to an activating group) is 1. The molecule has 2 heterocycles. The van der Waals surface area contributed by atoms with Crippen molar-refractivity contribution in [3.63, 3.8) is 0 Å². The van der Waals surface area contributed by atoms with E-state index in [1.807, 2.05) is 48.5 Å². The Morgan fingerprint density at radius 2 is 1.66 bits per heavy atom. The maximum absolute atomic E-state index is 13.3. The first-order valence-electron chi connectivity index (χ1n) is 8.97. The van der Waals surface area contributed by atoms with Crippen molar-refractivity contribution >= 4 is 11.9 Å². The summed E-state index contributed by atoms with van der Waals surface area (Å²) in [6.45, 7) is 0. The van der Waals surface area contributed by atoms with Crippen molar-refractivity contribution in [1.82, 2.24) is 9.88 Å². The Hall–Kier alpha value is -3.61. The molecule has 1 atom stereocenters. The van der Waals surface area contributed by atoms with Gasteiger partial charge in [-0.25, -0.2) is 13.8 Å². The van der Waals surface area contributed by atoms with E-state index in [4.69, 9.17) is 5.73 Å². The number of benzene rings is 2. The topological polar surface area (TPSA) is 71.6 Å². The first kappa shape index (κ1) is 18.7. The Balaban J connectivity index is 1.95. The summed E-state index contributed by atoms with van der Waals surface area (Å²) in [5.41, 5.74) is 6.67. The van der Waals surface area contributed by atoms with Crippen LogP contribution in [0.3, 0.4) is 0 Å². The fourth-order valence-electron chi connectivity index (χ4n) is 3.53. The standard InChI is InChI=1S/C22H18F2N4O/c1-28-20(29)22(27-21(28)25,17-10-11-26-18(13-17)19(23)24)16-9-5-8-15(12-16)14-6-3-2-4-7-14/h2-13,19H,1H3,(H2,25,27). The lowest BCUT2D eigenvalue weighted by molar-refractivity contribution is -0.129. The molecule has 1 aliphatic heterocycles. The summed E-state index contributed by atoms with van der Waals surface area (Å²) < 4.78 is 26.6. The number of aliphatic imine (C=N–C) groups is 1. The van der Waals surface area contributed by atoms with Gasteiger partial charge in [0.1, 0.15) is 5.69 Å². The summed E-state index contributed by atoms with van der Waals surface area (Å²) >= 11 is 0. The van der Waals surface area contributed by atoms with Gasteiger partial charge >= 0.3 is 0 Å². The molecule has 0 spiro atoms. The number of carbonyl (C=O) groups is 1. The van der Waals surface area contributed by atoms with Crippen LogP contribution < -0.4 is 5.73 Å². The number of halogens is 2. The zero-order valence-electron chi connectivity index (χ0n) is 15.6. The molecule has 1 unspecified atom stereocenters. The van der Waals surface area contributed by atoms with Gasteiger partial charge in [0, 0.05) is 13.2 Å². The van der Waals surface area contributed by atoms with Crippen molar-refractivity contribution in [2.45, 2.75) is 12.0 Å². The molecule has 7 heteroatoms. The monoisotopic (exact) mass is 392 g/mol. The lowest BCUT2D eigenvalue weighted by Crippen LogP contribution is -2.41. The summed E-state index contributed by atoms with van der Waals surface area (Å²) in [6.07, 6.45) is -1.50. The number of pyridine rings is 1. The van der Waals surface area contributed by atoms with Crippen LogP contribution in [-0.4, -0.2) is 28.8 Å². The SMILES string of the molecule is CN1C(=O)C(c2cccc(-c3ccccc3)c2)(c2ccnc(C(F)F)c2)N=C1N. The van der Waals surface area contributed by atoms with Gasteiger partial charge < -0.3 is 5.73 Å². The van der Waals surface area contributed by atoms with Gasteiger partial charge in [0.15, 0.2) is 11.5 Å². The highest BCUT2D eigenvalue weighted by atomic mass is 19.3. The van der Waals surface area contributed by atoms with Crippen LogP contribution in [0.5, 0.6) is 0 Å². The second-order valence-corrected chi connectivity index (χ2v) is 6.76. The highest BCUT2D eigenvalue weighted by Crippen LogP contribution is 2.41. The highest BCUT2D eigenvalue weighted by Gasteiger charge is 2.49. The predicted octanol–water partition coefficient (Wildman–Crippen LogP) is 3.72. The molecule has 5 nitrogen and oxygen atoms in total. The average molecular weight is 392 g/mol. The van der Waals surface area contributed by atoms with Crippen molar-refractivity contribution in [3.8, 4) is 11.1 Å². The molecule has 0 bridgehead atoms. The van der Waals surface area contributed by atoms with Crippen molar-refractivity contribution < 1.29 is 13.6 Å².